The third kappa shape index (κ3) is 28.6. The Hall–Kier alpha value is -8.42. The Kier molecular flexibility index (Phi) is 38.6. The van der Waals surface area contributed by atoms with Gasteiger partial charge in [-0.1, -0.05) is 84.2 Å². The van der Waals surface area contributed by atoms with Gasteiger partial charge in [0.25, 0.3) is 0 Å². The highest BCUT2D eigenvalue weighted by molar-refractivity contribution is 7.84. The Labute approximate surface area is 512 Å². The molecule has 4 aromatic rings. The topological polar surface area (TPSA) is 395 Å². The van der Waals surface area contributed by atoms with Gasteiger partial charge in [0.1, 0.15) is 5.60 Å². The fraction of sp³-hybridized carbons (Fsp3) is 0.554. The Morgan fingerprint density at radius 1 is 0.609 bits per heavy atom. The molecule has 2 aromatic carbocycles. The SMILES string of the molecule is C.C.CCN(CC)CC.CCOC(=O)Cc1cccc(CN(C(=O)OCC)c2nc(N(C)CCO)nc(N)c2[N+](=O)[O-])c1.CCOC(=O)Cc1cccc(CN(C(=O)OCC)c2nc(S(C)=O)nc(N)c2[N+](=O)[O-])c1.CN(CCO)C(=O)OC(C)(C)C. The van der Waals surface area contributed by atoms with Gasteiger partial charge in [0.05, 0.1) is 86.2 Å². The second-order valence-corrected chi connectivity index (χ2v) is 20.0. The molecule has 3 amide bonds. The lowest BCUT2D eigenvalue weighted by Crippen LogP contribution is -2.35. The molecular formula is C56H91N13O17S. The minimum atomic E-state index is -1.72. The van der Waals surface area contributed by atoms with Crippen LogP contribution in [-0.4, -0.2) is 183 Å². The Morgan fingerprint density at radius 3 is 1.34 bits per heavy atom. The van der Waals surface area contributed by atoms with Crippen molar-refractivity contribution in [1.29, 1.82) is 0 Å². The van der Waals surface area contributed by atoms with E-state index in [1.807, 2.05) is 0 Å². The van der Waals surface area contributed by atoms with Gasteiger partial charge in [0.2, 0.25) is 34.4 Å². The summed E-state index contributed by atoms with van der Waals surface area (Å²) in [4.78, 5) is 105. The lowest BCUT2D eigenvalue weighted by atomic mass is 10.1. The standard InChI is InChI=1S/C21H28N6O7.C19H23N5O7S.C8H17NO3.C6H15N.2CH4/c1-4-33-16(29)12-14-7-6-8-15(11-14)13-26(21(30)34-5-2)19-17(27(31)32)18(22)23-20(24-19)25(3)9-10-28;1-4-30-14(25)10-12-7-6-8-13(9-12)11-23(19(26)31-5-2)17-15(24(27)28)16(20)21-18(22-17)32(3)29;1-8(2,3)12-7(11)9(4)5-6-10;1-4-7(5-2)6-3;;/h6-8,11,28H,4-5,9-10,12-13H2,1-3H3,(H2,22,23,24);6-9H,4-5,10-11H2,1-3H3,(H2,20,21,22);10H,5-6H2,1-4H3;4-6H2,1-3H3;2*1H4. The molecule has 0 radical (unpaired) electrons. The molecule has 1 atom stereocenters. The van der Waals surface area contributed by atoms with E-state index in [1.54, 1.807) is 111 Å². The first kappa shape index (κ1) is 80.6. The highest BCUT2D eigenvalue weighted by Crippen LogP contribution is 2.35. The van der Waals surface area contributed by atoms with Gasteiger partial charge < -0.3 is 60.1 Å². The highest BCUT2D eigenvalue weighted by Gasteiger charge is 2.34. The summed E-state index contributed by atoms with van der Waals surface area (Å²) in [7, 11) is 1.43. The molecule has 0 fully saturated rings. The van der Waals surface area contributed by atoms with Crippen LogP contribution in [0.2, 0.25) is 0 Å². The first-order valence-corrected chi connectivity index (χ1v) is 28.6. The largest absolute Gasteiger partial charge is 0.466 e. The molecule has 0 aliphatic rings. The molecule has 6 N–H and O–H groups in total. The van der Waals surface area contributed by atoms with Crippen LogP contribution < -0.4 is 26.2 Å². The maximum absolute atomic E-state index is 12.8. The maximum Gasteiger partial charge on any atom is 0.415 e. The van der Waals surface area contributed by atoms with Gasteiger partial charge in [-0.3, -0.25) is 43.8 Å². The first-order chi connectivity index (χ1) is 40.1. The average Bonchev–Trinajstić information content (AvgIpc) is 1.00. The molecule has 4 rings (SSSR count). The number of carbonyl (C=O) groups is 5. The smallest absolute Gasteiger partial charge is 0.415 e. The van der Waals surface area contributed by atoms with E-state index in [9.17, 15) is 53.5 Å². The highest BCUT2D eigenvalue weighted by atomic mass is 32.2. The molecule has 0 bridgehead atoms. The maximum atomic E-state index is 12.8. The molecule has 2 aromatic heterocycles. The number of aliphatic hydroxyl groups is 2. The summed E-state index contributed by atoms with van der Waals surface area (Å²) in [5.41, 5.74) is 12.1. The molecular weight excluding hydrogens is 1160 g/mol. The van der Waals surface area contributed by atoms with Crippen LogP contribution in [0.4, 0.5) is 55.0 Å². The van der Waals surface area contributed by atoms with E-state index in [1.165, 1.54) is 35.7 Å². The predicted octanol–water partition coefficient (Wildman–Crippen LogP) is 7.10. The van der Waals surface area contributed by atoms with Crippen molar-refractivity contribution in [3.8, 4) is 0 Å². The molecule has 0 spiro atoms. The first-order valence-electron chi connectivity index (χ1n) is 27.0. The fourth-order valence-electron chi connectivity index (χ4n) is 7.07. The van der Waals surface area contributed by atoms with Crippen LogP contribution in [0.25, 0.3) is 0 Å². The van der Waals surface area contributed by atoms with Crippen molar-refractivity contribution in [3.63, 3.8) is 0 Å². The van der Waals surface area contributed by atoms with E-state index in [2.05, 4.69) is 45.6 Å². The van der Waals surface area contributed by atoms with Crippen molar-refractivity contribution in [2.24, 2.45) is 0 Å². The Balaban J connectivity index is 0. The molecule has 30 nitrogen and oxygen atoms in total. The number of nitrogens with two attached hydrogens (primary N) is 2. The van der Waals surface area contributed by atoms with E-state index in [-0.39, 0.29) is 104 Å². The predicted molar refractivity (Wildman–Crippen MR) is 332 cm³/mol. The van der Waals surface area contributed by atoms with Gasteiger partial charge >= 0.3 is 41.6 Å². The van der Waals surface area contributed by atoms with Gasteiger partial charge in [-0.25, -0.2) is 14.4 Å². The average molecular weight is 1250 g/mol. The minimum Gasteiger partial charge on any atom is -0.466 e. The summed E-state index contributed by atoms with van der Waals surface area (Å²) in [6.45, 7) is 22.4. The number of aromatic nitrogens is 4. The van der Waals surface area contributed by atoms with Gasteiger partial charge in [0.15, 0.2) is 0 Å². The summed E-state index contributed by atoms with van der Waals surface area (Å²) >= 11 is 0. The number of anilines is 5. The molecule has 0 saturated heterocycles. The second kappa shape index (κ2) is 41.6. The number of benzene rings is 2. The van der Waals surface area contributed by atoms with E-state index in [0.717, 1.165) is 9.80 Å². The number of carbonyl (C=O) groups excluding carboxylic acids is 5. The summed E-state index contributed by atoms with van der Waals surface area (Å²) in [5.74, 6) is -2.61. The van der Waals surface area contributed by atoms with Gasteiger partial charge in [-0.2, -0.15) is 19.9 Å². The molecule has 0 saturated carbocycles. The van der Waals surface area contributed by atoms with Crippen LogP contribution in [0, 0.1) is 20.2 Å². The number of hydrogen-bond donors (Lipinski definition) is 4. The monoisotopic (exact) mass is 1250 g/mol. The van der Waals surface area contributed by atoms with Crippen molar-refractivity contribution in [2.45, 2.75) is 121 Å². The number of rotatable bonds is 25. The van der Waals surface area contributed by atoms with Crippen LogP contribution in [0.15, 0.2) is 53.7 Å². The number of nitrogen functional groups attached to an aromatic ring is 2. The van der Waals surface area contributed by atoms with Crippen molar-refractivity contribution in [1.82, 2.24) is 29.7 Å². The summed E-state index contributed by atoms with van der Waals surface area (Å²) in [6, 6.07) is 13.5. The van der Waals surface area contributed by atoms with E-state index >= 15 is 0 Å². The molecule has 31 heteroatoms. The lowest BCUT2D eigenvalue weighted by Gasteiger charge is -2.24. The zero-order valence-electron chi connectivity index (χ0n) is 50.7. The van der Waals surface area contributed by atoms with E-state index in [4.69, 9.17) is 40.3 Å². The fourth-order valence-corrected chi connectivity index (χ4v) is 7.51. The number of ether oxygens (including phenoxy) is 5. The number of amides is 3. The van der Waals surface area contributed by atoms with Crippen LogP contribution in [0.1, 0.15) is 106 Å². The number of hydrogen-bond acceptors (Lipinski definition) is 25. The van der Waals surface area contributed by atoms with Gasteiger partial charge in [-0.15, -0.1) is 0 Å². The summed E-state index contributed by atoms with van der Waals surface area (Å²) in [5, 5.41) is 40.9. The zero-order valence-corrected chi connectivity index (χ0v) is 51.5. The van der Waals surface area contributed by atoms with Crippen LogP contribution in [0.3, 0.4) is 0 Å². The van der Waals surface area contributed by atoms with Crippen LogP contribution in [-0.2, 0) is 70.0 Å². The van der Waals surface area contributed by atoms with Crippen LogP contribution >= 0.6 is 0 Å². The van der Waals surface area contributed by atoms with Gasteiger partial charge in [0, 0.05) is 33.4 Å². The zero-order chi connectivity index (χ0) is 64.6. The second-order valence-electron chi connectivity index (χ2n) is 18.7. The molecule has 488 valence electrons. The number of nitrogens with zero attached hydrogens (tertiary/aromatic N) is 11. The van der Waals surface area contributed by atoms with E-state index in [0.29, 0.717) is 28.8 Å². The van der Waals surface area contributed by atoms with Crippen molar-refractivity contribution in [3.05, 3.63) is 91.0 Å². The van der Waals surface area contributed by atoms with Gasteiger partial charge in [-0.05, 0) is 90.4 Å². The number of esters is 2. The minimum absolute atomic E-state index is 0. The lowest BCUT2D eigenvalue weighted by molar-refractivity contribution is -0.383. The molecule has 2 heterocycles. The third-order valence-corrected chi connectivity index (χ3v) is 11.8. The van der Waals surface area contributed by atoms with Crippen molar-refractivity contribution in [2.75, 3.05) is 119 Å². The molecule has 1 unspecified atom stereocenters. The number of aliphatic hydroxyl groups excluding tert-OH is 2. The van der Waals surface area contributed by atoms with Crippen LogP contribution in [0.5, 0.6) is 0 Å². The van der Waals surface area contributed by atoms with Crippen molar-refractivity contribution < 1.29 is 71.9 Å². The quantitative estimate of drug-likeness (QED) is 0.0169. The Bertz CT molecular complexity index is 2840. The summed E-state index contributed by atoms with van der Waals surface area (Å²) in [6.07, 6.45) is -0.889. The third-order valence-electron chi connectivity index (χ3n) is 11.1. The Morgan fingerprint density at radius 2 is 1.00 bits per heavy atom. The molecule has 0 aliphatic heterocycles. The molecule has 0 aliphatic carbocycles. The van der Waals surface area contributed by atoms with E-state index < -0.39 is 85.3 Å². The molecule has 87 heavy (non-hydrogen) atoms. The normalized spacial score (nSPS) is 10.7. The summed E-state index contributed by atoms with van der Waals surface area (Å²) < 4.78 is 37.0. The number of nitro groups is 2. The number of likely N-dealkylation sites (N-methyl/N-ethyl adjacent to an activating group) is 2. The van der Waals surface area contributed by atoms with Crippen molar-refractivity contribution >= 4 is 81.6 Å².